The average molecular weight is 181 g/mol. The highest BCUT2D eigenvalue weighted by atomic mass is 15.1. The monoisotopic (exact) mass is 181 g/mol. The Morgan fingerprint density at radius 1 is 1.69 bits per heavy atom. The number of nitrogens with zero attached hydrogens (tertiary/aromatic N) is 2. The lowest BCUT2D eigenvalue weighted by Crippen LogP contribution is -2.37. The van der Waals surface area contributed by atoms with Gasteiger partial charge in [-0.2, -0.15) is 5.26 Å². The molecule has 0 amide bonds. The maximum atomic E-state index is 8.74. The second kappa shape index (κ2) is 4.59. The van der Waals surface area contributed by atoms with E-state index in [1.807, 2.05) is 7.05 Å². The Balaban J connectivity index is 2.17. The van der Waals surface area contributed by atoms with Crippen LogP contribution < -0.4 is 5.32 Å². The van der Waals surface area contributed by atoms with Crippen molar-refractivity contribution in [1.29, 1.82) is 5.26 Å². The smallest absolute Gasteiger partial charge is 0.108 e. The third kappa shape index (κ3) is 3.33. The molecule has 1 saturated carbocycles. The molecule has 3 atom stereocenters. The lowest BCUT2D eigenvalue weighted by molar-refractivity contribution is 0.299. The molecule has 0 radical (unpaired) electrons. The summed E-state index contributed by atoms with van der Waals surface area (Å²) in [5, 5.41) is 11.7. The summed E-state index contributed by atoms with van der Waals surface area (Å²) in [6, 6.07) is 2.21. The van der Waals surface area contributed by atoms with Crippen LogP contribution in [0.5, 0.6) is 0 Å². The molecular formula is C10H19N3. The third-order valence-electron chi connectivity index (χ3n) is 2.82. The molecule has 1 N–H and O–H groups in total. The Hall–Kier alpha value is -0.590. The fourth-order valence-corrected chi connectivity index (χ4v) is 1.64. The van der Waals surface area contributed by atoms with Crippen LogP contribution >= 0.6 is 0 Å². The zero-order valence-electron chi connectivity index (χ0n) is 8.75. The van der Waals surface area contributed by atoms with Crippen molar-refractivity contribution in [3.05, 3.63) is 0 Å². The first kappa shape index (κ1) is 10.5. The van der Waals surface area contributed by atoms with Crippen molar-refractivity contribution in [1.82, 2.24) is 10.2 Å². The Labute approximate surface area is 80.7 Å². The Bertz CT molecular complexity index is 197. The molecule has 0 aromatic carbocycles. The van der Waals surface area contributed by atoms with Crippen molar-refractivity contribution >= 4 is 0 Å². The molecule has 1 aliphatic carbocycles. The third-order valence-corrected chi connectivity index (χ3v) is 2.82. The number of likely N-dealkylation sites (N-methyl/N-ethyl adjacent to an activating group) is 2. The van der Waals surface area contributed by atoms with E-state index in [1.165, 1.54) is 6.42 Å². The van der Waals surface area contributed by atoms with Crippen LogP contribution in [0.3, 0.4) is 0 Å². The predicted octanol–water partition coefficient (Wildman–Crippen LogP) is 0.686. The van der Waals surface area contributed by atoms with Gasteiger partial charge < -0.3 is 10.2 Å². The fourth-order valence-electron chi connectivity index (χ4n) is 1.64. The van der Waals surface area contributed by atoms with Crippen LogP contribution in [0, 0.1) is 23.2 Å². The number of nitriles is 1. The largest absolute Gasteiger partial charge is 0.304 e. The molecule has 74 valence electrons. The van der Waals surface area contributed by atoms with E-state index in [0.717, 1.165) is 24.9 Å². The van der Waals surface area contributed by atoms with Crippen molar-refractivity contribution in [2.24, 2.45) is 11.8 Å². The van der Waals surface area contributed by atoms with Crippen LogP contribution in [0.2, 0.25) is 0 Å². The summed E-state index contributed by atoms with van der Waals surface area (Å²) in [4.78, 5) is 2.25. The van der Waals surface area contributed by atoms with Gasteiger partial charge in [-0.1, -0.05) is 6.92 Å². The van der Waals surface area contributed by atoms with Crippen molar-refractivity contribution in [3.8, 4) is 6.07 Å². The summed E-state index contributed by atoms with van der Waals surface area (Å²) in [5.41, 5.74) is 0. The summed E-state index contributed by atoms with van der Waals surface area (Å²) in [6.45, 7) is 4.26. The first-order valence-corrected chi connectivity index (χ1v) is 4.92. The van der Waals surface area contributed by atoms with Crippen LogP contribution in [0.1, 0.15) is 13.3 Å². The van der Waals surface area contributed by atoms with Crippen molar-refractivity contribution in [2.75, 3.05) is 27.2 Å². The molecule has 1 rings (SSSR count). The molecule has 0 bridgehead atoms. The van der Waals surface area contributed by atoms with E-state index in [0.29, 0.717) is 0 Å². The molecule has 3 heteroatoms. The van der Waals surface area contributed by atoms with Crippen molar-refractivity contribution < 1.29 is 0 Å². The number of hydrogen-bond acceptors (Lipinski definition) is 3. The van der Waals surface area contributed by atoms with Gasteiger partial charge in [-0.3, -0.25) is 0 Å². The van der Waals surface area contributed by atoms with Gasteiger partial charge in [-0.05, 0) is 32.4 Å². The summed E-state index contributed by atoms with van der Waals surface area (Å²) >= 11 is 0. The fraction of sp³-hybridized carbons (Fsp3) is 0.900. The molecule has 3 unspecified atom stereocenters. The van der Waals surface area contributed by atoms with Crippen LogP contribution in [0.15, 0.2) is 0 Å². The standard InChI is InChI=1S/C10H19N3/c1-8-4-9(8)6-13(3)7-10(5-11)12-2/h8-10,12H,4,6-7H2,1-3H3. The minimum Gasteiger partial charge on any atom is -0.304 e. The molecule has 0 spiro atoms. The topological polar surface area (TPSA) is 39.1 Å². The Kier molecular flexibility index (Phi) is 3.71. The zero-order valence-corrected chi connectivity index (χ0v) is 8.75. The van der Waals surface area contributed by atoms with E-state index < -0.39 is 0 Å². The van der Waals surface area contributed by atoms with Crippen LogP contribution in [0.4, 0.5) is 0 Å². The number of nitrogens with one attached hydrogen (secondary N) is 1. The maximum Gasteiger partial charge on any atom is 0.108 e. The van der Waals surface area contributed by atoms with Crippen LogP contribution in [0.25, 0.3) is 0 Å². The number of hydrogen-bond donors (Lipinski definition) is 1. The van der Waals surface area contributed by atoms with E-state index in [2.05, 4.69) is 30.3 Å². The van der Waals surface area contributed by atoms with Crippen molar-refractivity contribution in [3.63, 3.8) is 0 Å². The zero-order chi connectivity index (χ0) is 9.84. The Morgan fingerprint density at radius 3 is 2.69 bits per heavy atom. The summed E-state index contributed by atoms with van der Waals surface area (Å²) < 4.78 is 0. The van der Waals surface area contributed by atoms with E-state index in [4.69, 9.17) is 5.26 Å². The minimum atomic E-state index is -0.0287. The van der Waals surface area contributed by atoms with E-state index >= 15 is 0 Å². The summed E-state index contributed by atoms with van der Waals surface area (Å²) in [5.74, 6) is 1.78. The second-order valence-electron chi connectivity index (χ2n) is 4.16. The highest BCUT2D eigenvalue weighted by Gasteiger charge is 2.33. The highest BCUT2D eigenvalue weighted by molar-refractivity contribution is 4.92. The van der Waals surface area contributed by atoms with E-state index in [9.17, 15) is 0 Å². The quantitative estimate of drug-likeness (QED) is 0.678. The molecule has 0 heterocycles. The molecule has 0 aromatic rings. The highest BCUT2D eigenvalue weighted by Crippen LogP contribution is 2.37. The summed E-state index contributed by atoms with van der Waals surface area (Å²) in [6.07, 6.45) is 1.36. The average Bonchev–Trinajstić information content (AvgIpc) is 2.77. The lowest BCUT2D eigenvalue weighted by Gasteiger charge is -2.19. The van der Waals surface area contributed by atoms with Gasteiger partial charge >= 0.3 is 0 Å². The van der Waals surface area contributed by atoms with Gasteiger partial charge in [0.2, 0.25) is 0 Å². The predicted molar refractivity (Wildman–Crippen MR) is 53.2 cm³/mol. The van der Waals surface area contributed by atoms with Crippen molar-refractivity contribution in [2.45, 2.75) is 19.4 Å². The molecule has 1 fully saturated rings. The molecule has 3 nitrogen and oxygen atoms in total. The van der Waals surface area contributed by atoms with Gasteiger partial charge in [-0.15, -0.1) is 0 Å². The number of rotatable bonds is 5. The van der Waals surface area contributed by atoms with Gasteiger partial charge in [-0.25, -0.2) is 0 Å². The Morgan fingerprint density at radius 2 is 2.31 bits per heavy atom. The van der Waals surface area contributed by atoms with Gasteiger partial charge in [0.25, 0.3) is 0 Å². The first-order valence-electron chi connectivity index (χ1n) is 4.92. The van der Waals surface area contributed by atoms with Gasteiger partial charge in [0.05, 0.1) is 6.07 Å². The molecule has 13 heavy (non-hydrogen) atoms. The molecule has 0 saturated heterocycles. The molecular weight excluding hydrogens is 162 g/mol. The normalized spacial score (nSPS) is 28.5. The first-order chi connectivity index (χ1) is 6.17. The second-order valence-corrected chi connectivity index (χ2v) is 4.16. The van der Waals surface area contributed by atoms with Gasteiger partial charge in [0, 0.05) is 13.1 Å². The van der Waals surface area contributed by atoms with Crippen LogP contribution in [-0.2, 0) is 0 Å². The maximum absolute atomic E-state index is 8.74. The minimum absolute atomic E-state index is 0.0287. The summed E-state index contributed by atoms with van der Waals surface area (Å²) in [7, 11) is 3.92. The van der Waals surface area contributed by atoms with E-state index in [1.54, 1.807) is 0 Å². The van der Waals surface area contributed by atoms with E-state index in [-0.39, 0.29) is 6.04 Å². The molecule has 0 aromatic heterocycles. The van der Waals surface area contributed by atoms with Gasteiger partial charge in [0.15, 0.2) is 0 Å². The lowest BCUT2D eigenvalue weighted by atomic mass is 10.2. The molecule has 0 aliphatic heterocycles. The van der Waals surface area contributed by atoms with Gasteiger partial charge in [0.1, 0.15) is 6.04 Å². The SMILES string of the molecule is CNC(C#N)CN(C)CC1CC1C. The van der Waals surface area contributed by atoms with Crippen LogP contribution in [-0.4, -0.2) is 38.1 Å². The molecule has 1 aliphatic rings.